The molecule has 2 N–H and O–H groups in total. The summed E-state index contributed by atoms with van der Waals surface area (Å²) in [6, 6.07) is 38.3. The molecule has 0 aliphatic heterocycles. The van der Waals surface area contributed by atoms with Crippen LogP contribution in [-0.4, -0.2) is 0 Å². The van der Waals surface area contributed by atoms with Crippen molar-refractivity contribution in [2.75, 3.05) is 10.6 Å². The fraction of sp³-hybridized carbons (Fsp3) is 0.125. The summed E-state index contributed by atoms with van der Waals surface area (Å²) in [5.41, 5.74) is 7.16. The first kappa shape index (κ1) is 23.1. The molecule has 0 spiro atoms. The molecule has 2 nitrogen and oxygen atoms in total. The molecule has 2 heteroatoms. The van der Waals surface area contributed by atoms with Gasteiger partial charge in [0, 0.05) is 11.4 Å². The molecule has 4 rings (SSSR count). The van der Waals surface area contributed by atoms with Gasteiger partial charge in [-0.15, -0.1) is 13.2 Å². The highest BCUT2D eigenvalue weighted by Gasteiger charge is 2.26. The molecule has 0 saturated heterocycles. The number of allylic oxidation sites excluding steroid dienone is 2. The van der Waals surface area contributed by atoms with Crippen LogP contribution in [-0.2, 0) is 12.8 Å². The van der Waals surface area contributed by atoms with Gasteiger partial charge in [0.15, 0.2) is 0 Å². The Labute approximate surface area is 203 Å². The molecule has 0 radical (unpaired) electrons. The third kappa shape index (κ3) is 5.65. The summed E-state index contributed by atoms with van der Waals surface area (Å²) in [4.78, 5) is 0. The molecule has 34 heavy (non-hydrogen) atoms. The molecular weight excluding hydrogens is 412 g/mol. The zero-order valence-electron chi connectivity index (χ0n) is 19.5. The summed E-state index contributed by atoms with van der Waals surface area (Å²) >= 11 is 0. The fourth-order valence-corrected chi connectivity index (χ4v) is 4.36. The fourth-order valence-electron chi connectivity index (χ4n) is 4.36. The monoisotopic (exact) mass is 444 g/mol. The molecule has 0 fully saturated rings. The number of hydrogen-bond donors (Lipinski definition) is 2. The van der Waals surface area contributed by atoms with Crippen molar-refractivity contribution >= 4 is 11.4 Å². The summed E-state index contributed by atoms with van der Waals surface area (Å²) in [6.45, 7) is 7.90. The molecule has 0 bridgehead atoms. The van der Waals surface area contributed by atoms with Gasteiger partial charge in [-0.05, 0) is 47.2 Å². The second-order valence-electron chi connectivity index (χ2n) is 8.37. The second-order valence-corrected chi connectivity index (χ2v) is 8.37. The average Bonchev–Trinajstić information content (AvgIpc) is 2.89. The van der Waals surface area contributed by atoms with Crippen LogP contribution in [0.15, 0.2) is 135 Å². The predicted molar refractivity (Wildman–Crippen MR) is 146 cm³/mol. The first-order valence-electron chi connectivity index (χ1n) is 11.8. The van der Waals surface area contributed by atoms with Crippen LogP contribution in [0.1, 0.15) is 34.3 Å². The quantitative estimate of drug-likeness (QED) is 0.228. The number of hydrogen-bond acceptors (Lipinski definition) is 2. The Morgan fingerprint density at radius 3 is 1.24 bits per heavy atom. The number of anilines is 2. The van der Waals surface area contributed by atoms with E-state index in [1.807, 2.05) is 12.2 Å². The van der Waals surface area contributed by atoms with E-state index in [9.17, 15) is 0 Å². The normalized spacial score (nSPS) is 12.4. The average molecular weight is 445 g/mol. The number of benzene rings is 4. The van der Waals surface area contributed by atoms with Crippen molar-refractivity contribution in [2.45, 2.75) is 24.9 Å². The van der Waals surface area contributed by atoms with E-state index in [0.717, 1.165) is 24.2 Å². The van der Waals surface area contributed by atoms with Gasteiger partial charge in [-0.25, -0.2) is 0 Å². The zero-order chi connectivity index (χ0) is 23.6. The summed E-state index contributed by atoms with van der Waals surface area (Å²) in [6.07, 6.45) is 5.54. The maximum atomic E-state index is 3.95. The number of nitrogens with one attached hydrogen (secondary N) is 2. The Kier molecular flexibility index (Phi) is 7.97. The predicted octanol–water partition coefficient (Wildman–Crippen LogP) is 8.15. The molecule has 2 atom stereocenters. The minimum Gasteiger partial charge on any atom is -0.376 e. The van der Waals surface area contributed by atoms with Gasteiger partial charge in [0.25, 0.3) is 0 Å². The molecule has 0 aliphatic rings. The van der Waals surface area contributed by atoms with Crippen molar-refractivity contribution in [3.8, 4) is 0 Å². The largest absolute Gasteiger partial charge is 0.376 e. The van der Waals surface area contributed by atoms with Gasteiger partial charge < -0.3 is 10.6 Å². The molecule has 0 amide bonds. The van der Waals surface area contributed by atoms with E-state index < -0.39 is 0 Å². The molecule has 2 unspecified atom stereocenters. The SMILES string of the molecule is C=CCc1ccccc1NC(c1ccccc1)C(Nc1ccccc1CC=C)c1ccccc1. The van der Waals surface area contributed by atoms with E-state index in [0.29, 0.717) is 0 Å². The lowest BCUT2D eigenvalue weighted by molar-refractivity contribution is 0.648. The van der Waals surface area contributed by atoms with Gasteiger partial charge in [0.05, 0.1) is 12.1 Å². The van der Waals surface area contributed by atoms with E-state index in [1.165, 1.54) is 22.3 Å². The van der Waals surface area contributed by atoms with Crippen LogP contribution in [0.3, 0.4) is 0 Å². The Balaban J connectivity index is 1.81. The van der Waals surface area contributed by atoms with Crippen LogP contribution in [0.5, 0.6) is 0 Å². The maximum absolute atomic E-state index is 3.95. The topological polar surface area (TPSA) is 24.1 Å². The highest BCUT2D eigenvalue weighted by molar-refractivity contribution is 5.57. The minimum atomic E-state index is -0.00801. The minimum absolute atomic E-state index is 0.00801. The van der Waals surface area contributed by atoms with Crippen LogP contribution in [0.25, 0.3) is 0 Å². The van der Waals surface area contributed by atoms with Crippen molar-refractivity contribution in [3.63, 3.8) is 0 Å². The van der Waals surface area contributed by atoms with E-state index >= 15 is 0 Å². The van der Waals surface area contributed by atoms with Gasteiger partial charge in [0.1, 0.15) is 0 Å². The van der Waals surface area contributed by atoms with Crippen molar-refractivity contribution in [1.82, 2.24) is 0 Å². The van der Waals surface area contributed by atoms with E-state index in [2.05, 4.69) is 133 Å². The van der Waals surface area contributed by atoms with Gasteiger partial charge in [-0.3, -0.25) is 0 Å². The van der Waals surface area contributed by atoms with Crippen LogP contribution in [0, 0.1) is 0 Å². The molecular formula is C32H32N2. The van der Waals surface area contributed by atoms with Crippen molar-refractivity contribution in [2.24, 2.45) is 0 Å². The third-order valence-electron chi connectivity index (χ3n) is 6.04. The van der Waals surface area contributed by atoms with E-state index in [-0.39, 0.29) is 12.1 Å². The lowest BCUT2D eigenvalue weighted by Gasteiger charge is -2.32. The van der Waals surface area contributed by atoms with Crippen molar-refractivity contribution in [1.29, 1.82) is 0 Å². The maximum Gasteiger partial charge on any atom is 0.0757 e. The smallest absolute Gasteiger partial charge is 0.0757 e. The number of rotatable bonds is 11. The Morgan fingerprint density at radius 1 is 0.500 bits per heavy atom. The lowest BCUT2D eigenvalue weighted by Crippen LogP contribution is -2.26. The molecule has 0 saturated carbocycles. The summed E-state index contributed by atoms with van der Waals surface area (Å²) in [5.74, 6) is 0. The Bertz CT molecular complexity index is 1100. The standard InChI is InChI=1S/C32H32N2/c1-3-15-25-17-11-13-23-29(25)33-31(27-19-7-5-8-20-27)32(28-21-9-6-10-22-28)34-30-24-14-12-18-26(30)16-4-2/h3-14,17-24,31-34H,1-2,15-16H2. The zero-order valence-corrected chi connectivity index (χ0v) is 19.5. The van der Waals surface area contributed by atoms with Crippen LogP contribution < -0.4 is 10.6 Å². The molecule has 4 aromatic carbocycles. The van der Waals surface area contributed by atoms with E-state index in [4.69, 9.17) is 0 Å². The molecule has 0 aliphatic carbocycles. The van der Waals surface area contributed by atoms with Crippen molar-refractivity contribution < 1.29 is 0 Å². The van der Waals surface area contributed by atoms with E-state index in [1.54, 1.807) is 0 Å². The molecule has 170 valence electrons. The summed E-state index contributed by atoms with van der Waals surface area (Å²) in [5, 5.41) is 7.78. The third-order valence-corrected chi connectivity index (χ3v) is 6.04. The first-order valence-corrected chi connectivity index (χ1v) is 11.8. The molecule has 0 heterocycles. The molecule has 0 aromatic heterocycles. The number of para-hydroxylation sites is 2. The van der Waals surface area contributed by atoms with Gasteiger partial charge in [-0.1, -0.05) is 109 Å². The van der Waals surface area contributed by atoms with Crippen LogP contribution >= 0.6 is 0 Å². The molecule has 4 aromatic rings. The van der Waals surface area contributed by atoms with Crippen molar-refractivity contribution in [3.05, 3.63) is 157 Å². The summed E-state index contributed by atoms with van der Waals surface area (Å²) in [7, 11) is 0. The van der Waals surface area contributed by atoms with Crippen LogP contribution in [0.4, 0.5) is 11.4 Å². The Morgan fingerprint density at radius 2 is 0.853 bits per heavy atom. The first-order chi connectivity index (χ1) is 16.8. The van der Waals surface area contributed by atoms with Gasteiger partial charge in [0.2, 0.25) is 0 Å². The summed E-state index contributed by atoms with van der Waals surface area (Å²) < 4.78 is 0. The Hall–Kier alpha value is -4.04. The second kappa shape index (κ2) is 11.7. The highest BCUT2D eigenvalue weighted by Crippen LogP contribution is 2.36. The van der Waals surface area contributed by atoms with Gasteiger partial charge in [-0.2, -0.15) is 0 Å². The highest BCUT2D eigenvalue weighted by atomic mass is 15.0. The lowest BCUT2D eigenvalue weighted by atomic mass is 9.91. The van der Waals surface area contributed by atoms with Crippen LogP contribution in [0.2, 0.25) is 0 Å². The van der Waals surface area contributed by atoms with Gasteiger partial charge >= 0.3 is 0 Å².